The van der Waals surface area contributed by atoms with Crippen molar-refractivity contribution < 1.29 is 9.47 Å². The Hall–Kier alpha value is -1.06. The second kappa shape index (κ2) is 8.11. The summed E-state index contributed by atoms with van der Waals surface area (Å²) < 4.78 is 10.4. The molecule has 0 aromatic heterocycles. The highest BCUT2D eigenvalue weighted by atomic mass is 16.5. The van der Waals surface area contributed by atoms with Gasteiger partial charge in [0.2, 0.25) is 0 Å². The third-order valence-electron chi connectivity index (χ3n) is 3.08. The van der Waals surface area contributed by atoms with Crippen LogP contribution in [0.1, 0.15) is 36.9 Å². The summed E-state index contributed by atoms with van der Waals surface area (Å²) in [6, 6.07) is 6.61. The highest BCUT2D eigenvalue weighted by Gasteiger charge is 2.10. The molecule has 0 aliphatic rings. The standard InChI is InChI=1S/C15H25NO2/c1-12-7-8-15(18-4)14(11-12)13(2)16-9-5-6-10-17-3/h7-8,11,13,16H,5-6,9-10H2,1-4H3. The topological polar surface area (TPSA) is 30.5 Å². The molecule has 1 aromatic rings. The van der Waals surface area contributed by atoms with Crippen molar-refractivity contribution in [3.05, 3.63) is 29.3 Å². The molecule has 18 heavy (non-hydrogen) atoms. The summed E-state index contributed by atoms with van der Waals surface area (Å²) in [5.74, 6) is 0.956. The number of hydrogen-bond donors (Lipinski definition) is 1. The Morgan fingerprint density at radius 1 is 1.22 bits per heavy atom. The average Bonchev–Trinajstić information content (AvgIpc) is 2.38. The molecule has 102 valence electrons. The Morgan fingerprint density at radius 3 is 2.67 bits per heavy atom. The molecule has 0 aliphatic carbocycles. The highest BCUT2D eigenvalue weighted by molar-refractivity contribution is 5.38. The van der Waals surface area contributed by atoms with E-state index >= 15 is 0 Å². The van der Waals surface area contributed by atoms with Crippen LogP contribution in [0.5, 0.6) is 5.75 Å². The van der Waals surface area contributed by atoms with Crippen molar-refractivity contribution in [2.45, 2.75) is 32.7 Å². The van der Waals surface area contributed by atoms with Crippen LogP contribution in [-0.2, 0) is 4.74 Å². The summed E-state index contributed by atoms with van der Waals surface area (Å²) in [7, 11) is 3.47. The monoisotopic (exact) mass is 251 g/mol. The van der Waals surface area contributed by atoms with Crippen LogP contribution in [0.4, 0.5) is 0 Å². The lowest BCUT2D eigenvalue weighted by Gasteiger charge is -2.18. The van der Waals surface area contributed by atoms with Crippen molar-refractivity contribution in [1.29, 1.82) is 0 Å². The van der Waals surface area contributed by atoms with Crippen molar-refractivity contribution in [2.24, 2.45) is 0 Å². The first-order chi connectivity index (χ1) is 8.69. The number of rotatable bonds is 8. The lowest BCUT2D eigenvalue weighted by molar-refractivity contribution is 0.192. The molecular weight excluding hydrogens is 226 g/mol. The van der Waals surface area contributed by atoms with Crippen molar-refractivity contribution in [3.8, 4) is 5.75 Å². The molecule has 0 saturated heterocycles. The molecule has 0 spiro atoms. The zero-order valence-corrected chi connectivity index (χ0v) is 12.0. The molecule has 0 heterocycles. The number of methoxy groups -OCH3 is 2. The Balaban J connectivity index is 2.49. The molecule has 0 fully saturated rings. The highest BCUT2D eigenvalue weighted by Crippen LogP contribution is 2.25. The third-order valence-corrected chi connectivity index (χ3v) is 3.08. The fourth-order valence-electron chi connectivity index (χ4n) is 1.99. The van der Waals surface area contributed by atoms with Crippen LogP contribution < -0.4 is 10.1 Å². The minimum atomic E-state index is 0.308. The minimum Gasteiger partial charge on any atom is -0.496 e. The first-order valence-corrected chi connectivity index (χ1v) is 6.56. The van der Waals surface area contributed by atoms with Gasteiger partial charge in [-0.1, -0.05) is 17.7 Å². The predicted molar refractivity (Wildman–Crippen MR) is 75.3 cm³/mol. The van der Waals surface area contributed by atoms with Gasteiger partial charge in [0.15, 0.2) is 0 Å². The number of benzene rings is 1. The zero-order chi connectivity index (χ0) is 13.4. The SMILES string of the molecule is COCCCCNC(C)c1cc(C)ccc1OC. The second-order valence-corrected chi connectivity index (χ2v) is 4.62. The Labute approximate surface area is 110 Å². The van der Waals surface area contributed by atoms with Crippen molar-refractivity contribution in [3.63, 3.8) is 0 Å². The molecule has 1 aromatic carbocycles. The van der Waals surface area contributed by atoms with E-state index in [0.717, 1.165) is 31.7 Å². The van der Waals surface area contributed by atoms with Crippen molar-refractivity contribution in [2.75, 3.05) is 27.4 Å². The number of aryl methyl sites for hydroxylation is 1. The molecule has 1 unspecified atom stereocenters. The van der Waals surface area contributed by atoms with E-state index in [9.17, 15) is 0 Å². The molecule has 1 N–H and O–H groups in total. The van der Waals surface area contributed by atoms with E-state index in [4.69, 9.17) is 9.47 Å². The maximum atomic E-state index is 5.41. The van der Waals surface area contributed by atoms with Crippen LogP contribution in [0.2, 0.25) is 0 Å². The summed E-state index contributed by atoms with van der Waals surface area (Å²) in [5, 5.41) is 3.52. The van der Waals surface area contributed by atoms with Gasteiger partial charge < -0.3 is 14.8 Å². The van der Waals surface area contributed by atoms with E-state index in [0.29, 0.717) is 6.04 Å². The van der Waals surface area contributed by atoms with Gasteiger partial charge in [0, 0.05) is 25.3 Å². The van der Waals surface area contributed by atoms with Gasteiger partial charge in [-0.05, 0) is 39.3 Å². The smallest absolute Gasteiger partial charge is 0.123 e. The largest absolute Gasteiger partial charge is 0.496 e. The average molecular weight is 251 g/mol. The number of hydrogen-bond acceptors (Lipinski definition) is 3. The summed E-state index contributed by atoms with van der Waals surface area (Å²) in [6.45, 7) is 6.12. The van der Waals surface area contributed by atoms with Crippen molar-refractivity contribution in [1.82, 2.24) is 5.32 Å². The van der Waals surface area contributed by atoms with Crippen LogP contribution in [-0.4, -0.2) is 27.4 Å². The first kappa shape index (κ1) is 15.0. The van der Waals surface area contributed by atoms with E-state index < -0.39 is 0 Å². The van der Waals surface area contributed by atoms with Gasteiger partial charge in [-0.3, -0.25) is 0 Å². The lowest BCUT2D eigenvalue weighted by atomic mass is 10.0. The summed E-state index contributed by atoms with van der Waals surface area (Å²) in [4.78, 5) is 0. The van der Waals surface area contributed by atoms with Crippen LogP contribution in [0.3, 0.4) is 0 Å². The van der Waals surface area contributed by atoms with Crippen LogP contribution in [0.15, 0.2) is 18.2 Å². The molecule has 0 amide bonds. The van der Waals surface area contributed by atoms with Gasteiger partial charge in [-0.25, -0.2) is 0 Å². The molecule has 0 aliphatic heterocycles. The third kappa shape index (κ3) is 4.67. The lowest BCUT2D eigenvalue weighted by Crippen LogP contribution is -2.20. The predicted octanol–water partition coefficient (Wildman–Crippen LogP) is 3.08. The van der Waals surface area contributed by atoms with Crippen LogP contribution >= 0.6 is 0 Å². The van der Waals surface area contributed by atoms with Gasteiger partial charge >= 0.3 is 0 Å². The second-order valence-electron chi connectivity index (χ2n) is 4.62. The maximum absolute atomic E-state index is 5.41. The number of unbranched alkanes of at least 4 members (excludes halogenated alkanes) is 1. The minimum absolute atomic E-state index is 0.308. The van der Waals surface area contributed by atoms with E-state index in [2.05, 4.69) is 31.3 Å². The van der Waals surface area contributed by atoms with Gasteiger partial charge in [-0.15, -0.1) is 0 Å². The molecule has 0 saturated carbocycles. The van der Waals surface area contributed by atoms with Gasteiger partial charge in [-0.2, -0.15) is 0 Å². The molecule has 1 rings (SSSR count). The molecule has 3 nitrogen and oxygen atoms in total. The molecule has 0 radical (unpaired) electrons. The van der Waals surface area contributed by atoms with E-state index in [1.165, 1.54) is 11.1 Å². The molecule has 3 heteroatoms. The Kier molecular flexibility index (Phi) is 6.76. The maximum Gasteiger partial charge on any atom is 0.123 e. The number of nitrogens with one attached hydrogen (secondary N) is 1. The number of ether oxygens (including phenoxy) is 2. The van der Waals surface area contributed by atoms with Gasteiger partial charge in [0.25, 0.3) is 0 Å². The molecule has 1 atom stereocenters. The molecule has 0 bridgehead atoms. The fraction of sp³-hybridized carbons (Fsp3) is 0.600. The zero-order valence-electron chi connectivity index (χ0n) is 12.0. The molecular formula is C15H25NO2. The van der Waals surface area contributed by atoms with E-state index in [1.54, 1.807) is 14.2 Å². The van der Waals surface area contributed by atoms with Crippen molar-refractivity contribution >= 4 is 0 Å². The Morgan fingerprint density at radius 2 is 2.00 bits per heavy atom. The van der Waals surface area contributed by atoms with Gasteiger partial charge in [0.05, 0.1) is 7.11 Å². The summed E-state index contributed by atoms with van der Waals surface area (Å²) in [6.07, 6.45) is 2.23. The van der Waals surface area contributed by atoms with Gasteiger partial charge in [0.1, 0.15) is 5.75 Å². The summed E-state index contributed by atoms with van der Waals surface area (Å²) in [5.41, 5.74) is 2.49. The van der Waals surface area contributed by atoms with E-state index in [-0.39, 0.29) is 0 Å². The quantitative estimate of drug-likeness (QED) is 0.720. The Bertz CT molecular complexity index is 352. The van der Waals surface area contributed by atoms with Crippen LogP contribution in [0, 0.1) is 6.92 Å². The summed E-state index contributed by atoms with van der Waals surface area (Å²) >= 11 is 0. The first-order valence-electron chi connectivity index (χ1n) is 6.56. The van der Waals surface area contributed by atoms with E-state index in [1.807, 2.05) is 6.07 Å². The normalized spacial score (nSPS) is 12.4. The van der Waals surface area contributed by atoms with Crippen LogP contribution in [0.25, 0.3) is 0 Å². The fourth-order valence-corrected chi connectivity index (χ4v) is 1.99.